The lowest BCUT2D eigenvalue weighted by Crippen LogP contribution is -2.43. The maximum atomic E-state index is 11.9. The molecule has 2 amide bonds. The highest BCUT2D eigenvalue weighted by atomic mass is 16.2. The van der Waals surface area contributed by atoms with Gasteiger partial charge in [-0.1, -0.05) is 36.4 Å². The van der Waals surface area contributed by atoms with Gasteiger partial charge in [0.05, 0.1) is 11.6 Å². The number of nitrogens with one attached hydrogen (secondary N) is 1. The van der Waals surface area contributed by atoms with Gasteiger partial charge >= 0.3 is 6.03 Å². The largest absolute Gasteiger partial charge is 0.351 e. The van der Waals surface area contributed by atoms with Gasteiger partial charge in [-0.2, -0.15) is 5.26 Å². The molecule has 5 nitrogen and oxygen atoms in total. The van der Waals surface area contributed by atoms with Gasteiger partial charge in [0.25, 0.3) is 0 Å². The number of primary amides is 1. The van der Waals surface area contributed by atoms with Crippen molar-refractivity contribution in [1.82, 2.24) is 5.32 Å². The number of urea groups is 1. The van der Waals surface area contributed by atoms with E-state index in [0.29, 0.717) is 29.8 Å². The number of piperidine rings is 1. The minimum absolute atomic E-state index is 0.387. The van der Waals surface area contributed by atoms with Crippen molar-refractivity contribution in [1.29, 1.82) is 5.26 Å². The Morgan fingerprint density at radius 1 is 1.19 bits per heavy atom. The number of anilines is 1. The minimum Gasteiger partial charge on any atom is -0.351 e. The molecule has 0 bridgehead atoms. The number of carbonyl (C=O) groups excluding carboxylic acids is 1. The zero-order valence-corrected chi connectivity index (χ0v) is 15.5. The summed E-state index contributed by atoms with van der Waals surface area (Å²) in [6.07, 6.45) is 4.24. The van der Waals surface area contributed by atoms with Crippen LogP contribution in [0.4, 0.5) is 10.5 Å². The van der Waals surface area contributed by atoms with Gasteiger partial charge in [0.1, 0.15) is 0 Å². The van der Waals surface area contributed by atoms with E-state index in [1.54, 1.807) is 23.1 Å². The van der Waals surface area contributed by atoms with Crippen molar-refractivity contribution in [2.24, 2.45) is 11.7 Å². The summed E-state index contributed by atoms with van der Waals surface area (Å²) in [5.41, 5.74) is 8.16. The van der Waals surface area contributed by atoms with Crippen molar-refractivity contribution < 1.29 is 4.79 Å². The Hall–Kier alpha value is -2.84. The summed E-state index contributed by atoms with van der Waals surface area (Å²) in [5.74, 6) is 0.656. The second-order valence-corrected chi connectivity index (χ2v) is 7.18. The van der Waals surface area contributed by atoms with Gasteiger partial charge < -0.3 is 11.1 Å². The number of nitrogens with two attached hydrogens (primary N) is 1. The summed E-state index contributed by atoms with van der Waals surface area (Å²) in [7, 11) is 0. The van der Waals surface area contributed by atoms with Crippen LogP contribution in [0.5, 0.6) is 0 Å². The van der Waals surface area contributed by atoms with Crippen LogP contribution >= 0.6 is 0 Å². The number of nitriles is 1. The third-order valence-corrected chi connectivity index (χ3v) is 5.24. The van der Waals surface area contributed by atoms with E-state index in [0.717, 1.165) is 25.8 Å². The predicted molar refractivity (Wildman–Crippen MR) is 107 cm³/mol. The van der Waals surface area contributed by atoms with Crippen LogP contribution in [-0.2, 0) is 6.42 Å². The Bertz CT molecular complexity index is 791. The molecular weight excluding hydrogens is 336 g/mol. The van der Waals surface area contributed by atoms with Crippen molar-refractivity contribution in [2.75, 3.05) is 18.0 Å². The molecule has 0 aromatic heterocycles. The lowest BCUT2D eigenvalue weighted by atomic mass is 9.88. The molecule has 1 heterocycles. The Morgan fingerprint density at radius 2 is 2.00 bits per heavy atom. The molecule has 0 unspecified atom stereocenters. The number of rotatable bonds is 6. The summed E-state index contributed by atoms with van der Waals surface area (Å²) >= 11 is 0. The van der Waals surface area contributed by atoms with Crippen LogP contribution in [0.2, 0.25) is 0 Å². The standard InChI is InChI=1S/C22H26N4O/c23-15-18-7-4-8-21(14-18)26(22(24)27)12-11-20-10-9-19(16-25-20)13-17-5-2-1-3-6-17/h1-8,14,19-20,25H,9-13,16H2,(H2,24,27)/t19-,20-/m0/s1. The van der Waals surface area contributed by atoms with E-state index in [2.05, 4.69) is 41.7 Å². The van der Waals surface area contributed by atoms with Crippen molar-refractivity contribution in [2.45, 2.75) is 31.7 Å². The van der Waals surface area contributed by atoms with Crippen molar-refractivity contribution in [3.05, 3.63) is 65.7 Å². The molecule has 1 aliphatic rings. The zero-order chi connectivity index (χ0) is 19.1. The number of hydrogen-bond donors (Lipinski definition) is 2. The topological polar surface area (TPSA) is 82.2 Å². The normalized spacial score (nSPS) is 19.2. The highest BCUT2D eigenvalue weighted by molar-refractivity contribution is 5.90. The molecule has 0 saturated carbocycles. The molecule has 1 fully saturated rings. The van der Waals surface area contributed by atoms with Crippen molar-refractivity contribution >= 4 is 11.7 Å². The lowest BCUT2D eigenvalue weighted by Gasteiger charge is -2.31. The number of nitrogens with zero attached hydrogens (tertiary/aromatic N) is 2. The van der Waals surface area contributed by atoms with Gasteiger partial charge in [0.15, 0.2) is 0 Å². The van der Waals surface area contributed by atoms with Crippen molar-refractivity contribution in [3.63, 3.8) is 0 Å². The summed E-state index contributed by atoms with van der Waals surface area (Å²) in [6, 6.07) is 19.6. The first-order chi connectivity index (χ1) is 13.2. The molecule has 0 spiro atoms. The lowest BCUT2D eigenvalue weighted by molar-refractivity contribution is 0.252. The smallest absolute Gasteiger partial charge is 0.319 e. The van der Waals surface area contributed by atoms with E-state index in [1.807, 2.05) is 6.07 Å². The van der Waals surface area contributed by atoms with Crippen LogP contribution in [0.25, 0.3) is 0 Å². The van der Waals surface area contributed by atoms with Gasteiger partial charge in [-0.05, 0) is 61.9 Å². The fourth-order valence-electron chi connectivity index (χ4n) is 3.74. The number of benzene rings is 2. The van der Waals surface area contributed by atoms with Gasteiger partial charge in [-0.3, -0.25) is 4.90 Å². The minimum atomic E-state index is -0.483. The molecule has 0 radical (unpaired) electrons. The molecule has 1 saturated heterocycles. The summed E-state index contributed by atoms with van der Waals surface area (Å²) in [6.45, 7) is 1.55. The van der Waals surface area contributed by atoms with E-state index in [9.17, 15) is 4.79 Å². The third kappa shape index (κ3) is 5.32. The van der Waals surface area contributed by atoms with Crippen LogP contribution in [0.3, 0.4) is 0 Å². The predicted octanol–water partition coefficient (Wildman–Crippen LogP) is 3.44. The highest BCUT2D eigenvalue weighted by Crippen LogP contribution is 2.22. The molecule has 5 heteroatoms. The van der Waals surface area contributed by atoms with Crippen LogP contribution in [-0.4, -0.2) is 25.2 Å². The first kappa shape index (κ1) is 18.9. The average molecular weight is 362 g/mol. The van der Waals surface area contributed by atoms with Gasteiger partial charge in [-0.25, -0.2) is 4.79 Å². The number of amides is 2. The van der Waals surface area contributed by atoms with Crippen LogP contribution < -0.4 is 16.0 Å². The maximum Gasteiger partial charge on any atom is 0.319 e. The third-order valence-electron chi connectivity index (χ3n) is 5.24. The second kappa shape index (κ2) is 9.20. The molecule has 1 aliphatic heterocycles. The van der Waals surface area contributed by atoms with E-state index in [1.165, 1.54) is 12.0 Å². The Kier molecular flexibility index (Phi) is 6.45. The van der Waals surface area contributed by atoms with E-state index < -0.39 is 6.03 Å². The highest BCUT2D eigenvalue weighted by Gasteiger charge is 2.22. The molecule has 2 aromatic carbocycles. The average Bonchev–Trinajstić information content (AvgIpc) is 2.70. The summed E-state index contributed by atoms with van der Waals surface area (Å²) in [4.78, 5) is 13.4. The van der Waals surface area contributed by atoms with Gasteiger partial charge in [0, 0.05) is 18.3 Å². The van der Waals surface area contributed by atoms with Crippen LogP contribution in [0.15, 0.2) is 54.6 Å². The SMILES string of the molecule is N#Cc1cccc(N(CC[C@@H]2CC[C@@H](Cc3ccccc3)CN2)C(N)=O)c1. The molecule has 3 N–H and O–H groups in total. The fraction of sp³-hybridized carbons (Fsp3) is 0.364. The number of hydrogen-bond acceptors (Lipinski definition) is 3. The Balaban J connectivity index is 1.50. The van der Waals surface area contributed by atoms with Gasteiger partial charge in [0.2, 0.25) is 0 Å². The molecule has 2 atom stereocenters. The zero-order valence-electron chi connectivity index (χ0n) is 15.5. The monoisotopic (exact) mass is 362 g/mol. The fourth-order valence-corrected chi connectivity index (χ4v) is 3.74. The molecule has 140 valence electrons. The maximum absolute atomic E-state index is 11.9. The molecule has 2 aromatic rings. The second-order valence-electron chi connectivity index (χ2n) is 7.18. The molecule has 0 aliphatic carbocycles. The van der Waals surface area contributed by atoms with E-state index in [-0.39, 0.29) is 0 Å². The quantitative estimate of drug-likeness (QED) is 0.826. The Labute approximate surface area is 160 Å². The first-order valence-corrected chi connectivity index (χ1v) is 9.50. The van der Waals surface area contributed by atoms with Crippen molar-refractivity contribution in [3.8, 4) is 6.07 Å². The first-order valence-electron chi connectivity index (χ1n) is 9.50. The van der Waals surface area contributed by atoms with Crippen LogP contribution in [0, 0.1) is 17.2 Å². The molecular formula is C22H26N4O. The molecule has 27 heavy (non-hydrogen) atoms. The van der Waals surface area contributed by atoms with E-state index in [4.69, 9.17) is 11.0 Å². The van der Waals surface area contributed by atoms with Gasteiger partial charge in [-0.15, -0.1) is 0 Å². The van der Waals surface area contributed by atoms with E-state index >= 15 is 0 Å². The summed E-state index contributed by atoms with van der Waals surface area (Å²) < 4.78 is 0. The van der Waals surface area contributed by atoms with Crippen LogP contribution in [0.1, 0.15) is 30.4 Å². The molecule has 3 rings (SSSR count). The summed E-state index contributed by atoms with van der Waals surface area (Å²) in [5, 5.41) is 12.7. The Morgan fingerprint density at radius 3 is 2.67 bits per heavy atom. The number of carbonyl (C=O) groups is 1.